The second kappa shape index (κ2) is 5.08. The Morgan fingerprint density at radius 2 is 2.14 bits per heavy atom. The quantitative estimate of drug-likeness (QED) is 0.836. The summed E-state index contributed by atoms with van der Waals surface area (Å²) in [6, 6.07) is 7.32. The van der Waals surface area contributed by atoms with E-state index in [-0.39, 0.29) is 11.5 Å². The molecule has 1 atom stereocenters. The fourth-order valence-electron chi connectivity index (χ4n) is 2.51. The van der Waals surface area contributed by atoms with Gasteiger partial charge in [0.05, 0.1) is 24.4 Å². The second-order valence-corrected chi connectivity index (χ2v) is 5.12. The summed E-state index contributed by atoms with van der Waals surface area (Å²) in [6.45, 7) is 8.90. The van der Waals surface area contributed by atoms with E-state index in [1.165, 1.54) is 6.92 Å². The van der Waals surface area contributed by atoms with Gasteiger partial charge in [-0.3, -0.25) is 9.89 Å². The number of ketones is 1. The Labute approximate surface area is 126 Å². The lowest BCUT2D eigenvalue weighted by atomic mass is 9.86. The van der Waals surface area contributed by atoms with E-state index < -0.39 is 5.92 Å². The number of hydrogen-bond acceptors (Lipinski definition) is 3. The minimum absolute atomic E-state index is 0.196. The maximum absolute atomic E-state index is 11.8. The molecule has 0 amide bonds. The first-order chi connectivity index (χ1) is 10.1. The number of anilines is 1. The van der Waals surface area contributed by atoms with Crippen molar-refractivity contribution in [3.63, 3.8) is 0 Å². The fourth-order valence-corrected chi connectivity index (χ4v) is 2.75. The highest BCUT2D eigenvalue weighted by Gasteiger charge is 2.34. The number of Topliss-reactive ketones (excluding diaryl/α,β-unsaturated/α-hetero) is 1. The molecule has 0 bridgehead atoms. The number of carbonyl (C=O) groups is 1. The van der Waals surface area contributed by atoms with E-state index >= 15 is 0 Å². The van der Waals surface area contributed by atoms with Gasteiger partial charge in [-0.1, -0.05) is 29.8 Å². The normalized spacial score (nSPS) is 16.9. The van der Waals surface area contributed by atoms with E-state index in [1.54, 1.807) is 12.3 Å². The van der Waals surface area contributed by atoms with E-state index in [2.05, 4.69) is 20.4 Å². The fraction of sp³-hybridized carbons (Fsp3) is 0.133. The summed E-state index contributed by atoms with van der Waals surface area (Å²) in [7, 11) is 0. The van der Waals surface area contributed by atoms with Crippen molar-refractivity contribution in [1.82, 2.24) is 10.2 Å². The van der Waals surface area contributed by atoms with Crippen molar-refractivity contribution < 1.29 is 4.79 Å². The van der Waals surface area contributed by atoms with Crippen molar-refractivity contribution in [3.8, 4) is 0 Å². The lowest BCUT2D eigenvalue weighted by Gasteiger charge is -2.25. The Kier molecular flexibility index (Phi) is 3.24. The number of hydrogen-bond donors (Lipinski definition) is 2. The first kappa shape index (κ1) is 13.4. The van der Waals surface area contributed by atoms with Crippen molar-refractivity contribution in [2.75, 3.05) is 5.32 Å². The van der Waals surface area contributed by atoms with Crippen molar-refractivity contribution in [3.05, 3.63) is 69.4 Å². The van der Waals surface area contributed by atoms with Crippen LogP contribution >= 0.6 is 11.6 Å². The number of benzene rings is 1. The number of nitrogens with zero attached hydrogens (tertiary/aromatic N) is 2. The molecular formula is C15H11ClN4O. The molecule has 6 heteroatoms. The number of aromatic amines is 1. The van der Waals surface area contributed by atoms with Gasteiger partial charge < -0.3 is 5.32 Å². The number of carbonyl (C=O) groups excluding carboxylic acids is 1. The number of nitrogens with one attached hydrogen (secondary N) is 2. The Morgan fingerprint density at radius 1 is 1.38 bits per heavy atom. The van der Waals surface area contributed by atoms with Gasteiger partial charge in [0.1, 0.15) is 5.82 Å². The zero-order valence-corrected chi connectivity index (χ0v) is 11.9. The van der Waals surface area contributed by atoms with Gasteiger partial charge in [0.25, 0.3) is 0 Å². The van der Waals surface area contributed by atoms with Crippen LogP contribution in [0.15, 0.2) is 41.9 Å². The molecule has 2 N–H and O–H groups in total. The van der Waals surface area contributed by atoms with E-state index in [1.807, 2.05) is 18.2 Å². The van der Waals surface area contributed by atoms with Gasteiger partial charge in [-0.05, 0) is 18.6 Å². The van der Waals surface area contributed by atoms with Gasteiger partial charge in [-0.25, -0.2) is 4.85 Å². The number of aromatic nitrogens is 2. The van der Waals surface area contributed by atoms with Gasteiger partial charge in [-0.15, -0.1) is 0 Å². The lowest BCUT2D eigenvalue weighted by molar-refractivity contribution is -0.113. The van der Waals surface area contributed by atoms with Crippen molar-refractivity contribution in [2.45, 2.75) is 12.8 Å². The van der Waals surface area contributed by atoms with Crippen LogP contribution in [-0.4, -0.2) is 16.0 Å². The molecular weight excluding hydrogens is 288 g/mol. The molecule has 104 valence electrons. The standard InChI is InChI=1S/C15H11ClN4O/c1-8(21)13-14(17-2)12(9-5-3-4-6-11(9)16)10-7-18-20-15(10)19-13/h3-7,12H,1H3,(H2,18,19,20). The highest BCUT2D eigenvalue weighted by molar-refractivity contribution is 6.31. The molecule has 1 aromatic carbocycles. The smallest absolute Gasteiger partial charge is 0.203 e. The first-order valence-corrected chi connectivity index (χ1v) is 6.68. The monoisotopic (exact) mass is 298 g/mol. The molecule has 21 heavy (non-hydrogen) atoms. The maximum Gasteiger partial charge on any atom is 0.203 e. The van der Waals surface area contributed by atoms with Crippen molar-refractivity contribution in [1.29, 1.82) is 0 Å². The Hall–Kier alpha value is -2.58. The zero-order chi connectivity index (χ0) is 15.0. The average molecular weight is 299 g/mol. The molecule has 0 fully saturated rings. The Bertz CT molecular complexity index is 800. The molecule has 0 spiro atoms. The van der Waals surface area contributed by atoms with Crippen LogP contribution in [0.1, 0.15) is 24.0 Å². The number of H-pyrrole nitrogens is 1. The summed E-state index contributed by atoms with van der Waals surface area (Å²) in [4.78, 5) is 15.4. The van der Waals surface area contributed by atoms with Crippen molar-refractivity contribution >= 4 is 23.2 Å². The van der Waals surface area contributed by atoms with Gasteiger partial charge in [0.2, 0.25) is 5.70 Å². The molecule has 3 rings (SSSR count). The zero-order valence-electron chi connectivity index (χ0n) is 11.1. The summed E-state index contributed by atoms with van der Waals surface area (Å²) in [5.41, 5.74) is 2.21. The SMILES string of the molecule is [C-]#[N+]C1=C(C(C)=O)Nc2[nH]ncc2C1c1ccccc1Cl. The van der Waals surface area contributed by atoms with E-state index in [9.17, 15) is 4.79 Å². The third kappa shape index (κ3) is 2.10. The average Bonchev–Trinajstić information content (AvgIpc) is 2.94. The van der Waals surface area contributed by atoms with Crippen LogP contribution in [0.25, 0.3) is 4.85 Å². The first-order valence-electron chi connectivity index (χ1n) is 6.30. The van der Waals surface area contributed by atoms with Crippen LogP contribution in [0.5, 0.6) is 0 Å². The molecule has 0 aliphatic carbocycles. The Balaban J connectivity index is 2.28. The van der Waals surface area contributed by atoms with Crippen LogP contribution < -0.4 is 5.32 Å². The van der Waals surface area contributed by atoms with Gasteiger partial charge in [-0.2, -0.15) is 5.10 Å². The van der Waals surface area contributed by atoms with Crippen molar-refractivity contribution in [2.24, 2.45) is 0 Å². The molecule has 1 aliphatic rings. The minimum Gasteiger partial charge on any atom is -0.347 e. The topological polar surface area (TPSA) is 62.1 Å². The number of halogens is 1. The molecule has 5 nitrogen and oxygen atoms in total. The number of fused-ring (bicyclic) bond motifs is 1. The predicted molar refractivity (Wildman–Crippen MR) is 79.8 cm³/mol. The third-order valence-corrected chi connectivity index (χ3v) is 3.79. The summed E-state index contributed by atoms with van der Waals surface area (Å²) in [5.74, 6) is 0.0286. The highest BCUT2D eigenvalue weighted by atomic mass is 35.5. The number of rotatable bonds is 2. The van der Waals surface area contributed by atoms with Crippen LogP contribution in [0.4, 0.5) is 5.82 Å². The Morgan fingerprint density at radius 3 is 2.81 bits per heavy atom. The molecule has 0 saturated heterocycles. The summed E-state index contributed by atoms with van der Waals surface area (Å²) in [6.07, 6.45) is 1.65. The minimum atomic E-state index is -0.398. The predicted octanol–water partition coefficient (Wildman–Crippen LogP) is 3.34. The van der Waals surface area contributed by atoms with Crippen LogP contribution in [0.2, 0.25) is 5.02 Å². The molecule has 2 aromatic rings. The summed E-state index contributed by atoms with van der Waals surface area (Å²) < 4.78 is 0. The van der Waals surface area contributed by atoms with Crippen LogP contribution in [0.3, 0.4) is 0 Å². The highest BCUT2D eigenvalue weighted by Crippen LogP contribution is 2.43. The summed E-state index contributed by atoms with van der Waals surface area (Å²) in [5, 5.41) is 10.3. The number of allylic oxidation sites excluding steroid dienone is 2. The molecule has 1 aromatic heterocycles. The van der Waals surface area contributed by atoms with Crippen LogP contribution in [-0.2, 0) is 4.79 Å². The van der Waals surface area contributed by atoms with Crippen LogP contribution in [0, 0.1) is 6.57 Å². The van der Waals surface area contributed by atoms with Gasteiger partial charge in [0.15, 0.2) is 5.78 Å². The molecule has 0 saturated carbocycles. The second-order valence-electron chi connectivity index (χ2n) is 4.71. The van der Waals surface area contributed by atoms with E-state index in [4.69, 9.17) is 18.2 Å². The largest absolute Gasteiger partial charge is 0.347 e. The maximum atomic E-state index is 11.8. The van der Waals surface area contributed by atoms with E-state index in [0.717, 1.165) is 11.1 Å². The van der Waals surface area contributed by atoms with Gasteiger partial charge in [0, 0.05) is 10.6 Å². The molecule has 1 aliphatic heterocycles. The summed E-state index contributed by atoms with van der Waals surface area (Å²) >= 11 is 6.28. The third-order valence-electron chi connectivity index (χ3n) is 3.45. The lowest BCUT2D eigenvalue weighted by Crippen LogP contribution is -2.21. The molecule has 1 unspecified atom stereocenters. The molecule has 0 radical (unpaired) electrons. The van der Waals surface area contributed by atoms with Gasteiger partial charge >= 0.3 is 0 Å². The van der Waals surface area contributed by atoms with E-state index in [0.29, 0.717) is 16.5 Å². The molecule has 2 heterocycles.